The summed E-state index contributed by atoms with van der Waals surface area (Å²) in [6.07, 6.45) is 3.82. The predicted octanol–water partition coefficient (Wildman–Crippen LogP) is 2.53. The van der Waals surface area contributed by atoms with Crippen LogP contribution in [0.5, 0.6) is 0 Å². The smallest absolute Gasteiger partial charge is 0.318 e. The lowest BCUT2D eigenvalue weighted by Gasteiger charge is -2.39. The van der Waals surface area contributed by atoms with Gasteiger partial charge in [-0.15, -0.1) is 0 Å². The fourth-order valence-corrected chi connectivity index (χ4v) is 4.16. The van der Waals surface area contributed by atoms with Crippen molar-refractivity contribution in [3.63, 3.8) is 0 Å². The minimum atomic E-state index is -0.150. The van der Waals surface area contributed by atoms with Gasteiger partial charge in [0, 0.05) is 36.0 Å². The normalized spacial score (nSPS) is 19.4. The number of urea groups is 1. The number of nitrogens with zero attached hydrogens (tertiary/aromatic N) is 3. The number of aromatic nitrogens is 1. The largest absolute Gasteiger partial charge is 0.396 e. The topological polar surface area (TPSA) is 98.9 Å². The van der Waals surface area contributed by atoms with Crippen LogP contribution in [0, 0.1) is 0 Å². The molecule has 1 saturated carbocycles. The van der Waals surface area contributed by atoms with Gasteiger partial charge in [-0.3, -0.25) is 4.79 Å². The van der Waals surface area contributed by atoms with Gasteiger partial charge in [-0.25, -0.2) is 4.79 Å². The molecule has 2 N–H and O–H groups in total. The molecule has 1 aromatic carbocycles. The Labute approximate surface area is 173 Å². The van der Waals surface area contributed by atoms with E-state index in [9.17, 15) is 9.59 Å². The minimum absolute atomic E-state index is 0.0117. The van der Waals surface area contributed by atoms with E-state index in [0.29, 0.717) is 29.4 Å². The second-order valence-electron chi connectivity index (χ2n) is 7.68. The number of piperidine rings is 1. The van der Waals surface area contributed by atoms with E-state index < -0.39 is 0 Å². The van der Waals surface area contributed by atoms with E-state index in [-0.39, 0.29) is 43.6 Å². The van der Waals surface area contributed by atoms with E-state index in [0.717, 1.165) is 31.1 Å². The van der Waals surface area contributed by atoms with E-state index in [4.69, 9.17) is 21.2 Å². The molecule has 0 unspecified atom stereocenters. The van der Waals surface area contributed by atoms with Gasteiger partial charge in [0.2, 0.25) is 5.91 Å². The van der Waals surface area contributed by atoms with E-state index in [1.54, 1.807) is 23.1 Å². The van der Waals surface area contributed by atoms with Crippen molar-refractivity contribution in [2.45, 2.75) is 50.7 Å². The summed E-state index contributed by atoms with van der Waals surface area (Å²) < 4.78 is 5.30. The zero-order valence-electron chi connectivity index (χ0n) is 16.1. The number of halogens is 1. The van der Waals surface area contributed by atoms with Crippen molar-refractivity contribution in [3.8, 4) is 0 Å². The highest BCUT2D eigenvalue weighted by Gasteiger charge is 2.39. The third-order valence-corrected chi connectivity index (χ3v) is 5.79. The van der Waals surface area contributed by atoms with Crippen molar-refractivity contribution >= 4 is 34.5 Å². The van der Waals surface area contributed by atoms with Crippen LogP contribution < -0.4 is 5.32 Å². The molecular formula is C20H25ClN4O4. The summed E-state index contributed by atoms with van der Waals surface area (Å²) in [6.45, 7) is 1.30. The van der Waals surface area contributed by atoms with Gasteiger partial charge in [0.05, 0.1) is 19.2 Å². The fraction of sp³-hybridized carbons (Fsp3) is 0.550. The van der Waals surface area contributed by atoms with E-state index in [1.807, 2.05) is 4.90 Å². The minimum Gasteiger partial charge on any atom is -0.396 e. The predicted molar refractivity (Wildman–Crippen MR) is 107 cm³/mol. The van der Waals surface area contributed by atoms with Crippen LogP contribution in [-0.4, -0.2) is 63.8 Å². The summed E-state index contributed by atoms with van der Waals surface area (Å²) in [6, 6.07) is 5.33. The van der Waals surface area contributed by atoms with Crippen molar-refractivity contribution in [3.05, 3.63) is 28.9 Å². The lowest BCUT2D eigenvalue weighted by atomic mass is 10.0. The highest BCUT2D eigenvalue weighted by molar-refractivity contribution is 6.31. The average Bonchev–Trinajstić information content (AvgIpc) is 3.47. The van der Waals surface area contributed by atoms with Crippen molar-refractivity contribution < 1.29 is 19.2 Å². The molecule has 2 aromatic rings. The molecule has 0 spiro atoms. The number of rotatable bonds is 6. The zero-order chi connectivity index (χ0) is 20.4. The maximum absolute atomic E-state index is 13.0. The standard InChI is InChI=1S/C20H25ClN4O4/c21-13-3-6-18-16(10-13)17(23-29-18)11-22-20(28)25(14-4-5-14)15-2-1-8-24(12-15)19(27)7-9-26/h3,6,10,14-15,26H,1-2,4-5,7-9,11-12H2,(H,22,28)/t15-/m1/s1. The van der Waals surface area contributed by atoms with Crippen molar-refractivity contribution in [2.24, 2.45) is 0 Å². The average molecular weight is 421 g/mol. The monoisotopic (exact) mass is 420 g/mol. The first-order valence-corrected chi connectivity index (χ1v) is 10.4. The molecule has 0 radical (unpaired) electrons. The summed E-state index contributed by atoms with van der Waals surface area (Å²) >= 11 is 6.06. The first-order chi connectivity index (χ1) is 14.1. The van der Waals surface area contributed by atoms with Gasteiger partial charge in [0.15, 0.2) is 5.58 Å². The van der Waals surface area contributed by atoms with Crippen LogP contribution in [0.2, 0.25) is 5.02 Å². The van der Waals surface area contributed by atoms with E-state index in [2.05, 4.69) is 10.5 Å². The van der Waals surface area contributed by atoms with Gasteiger partial charge in [-0.1, -0.05) is 16.8 Å². The van der Waals surface area contributed by atoms with Crippen molar-refractivity contribution in [2.75, 3.05) is 19.7 Å². The second-order valence-corrected chi connectivity index (χ2v) is 8.11. The van der Waals surface area contributed by atoms with Crippen LogP contribution in [-0.2, 0) is 11.3 Å². The van der Waals surface area contributed by atoms with Crippen LogP contribution in [0.25, 0.3) is 11.0 Å². The Kier molecular flexibility index (Phi) is 5.91. The first-order valence-electron chi connectivity index (χ1n) is 10.1. The zero-order valence-corrected chi connectivity index (χ0v) is 16.9. The molecule has 1 atom stereocenters. The molecular weight excluding hydrogens is 396 g/mol. The molecule has 2 fully saturated rings. The Morgan fingerprint density at radius 1 is 1.31 bits per heavy atom. The Bertz CT molecular complexity index is 898. The molecule has 1 aliphatic heterocycles. The second kappa shape index (κ2) is 8.59. The maximum Gasteiger partial charge on any atom is 0.318 e. The van der Waals surface area contributed by atoms with Gasteiger partial charge < -0.3 is 24.7 Å². The lowest BCUT2D eigenvalue weighted by Crippen LogP contribution is -2.55. The number of likely N-dealkylation sites (tertiary alicyclic amines) is 1. The van der Waals surface area contributed by atoms with Crippen LogP contribution in [0.4, 0.5) is 4.79 Å². The fourth-order valence-electron chi connectivity index (χ4n) is 3.98. The molecule has 9 heteroatoms. The molecule has 0 bridgehead atoms. The quantitative estimate of drug-likeness (QED) is 0.748. The Morgan fingerprint density at radius 3 is 2.90 bits per heavy atom. The van der Waals surface area contributed by atoms with Gasteiger partial charge in [0.1, 0.15) is 5.69 Å². The number of aliphatic hydroxyl groups is 1. The van der Waals surface area contributed by atoms with Gasteiger partial charge in [-0.2, -0.15) is 0 Å². The highest BCUT2D eigenvalue weighted by atomic mass is 35.5. The SMILES string of the molecule is O=C(CCO)N1CCC[C@@H](N(C(=O)NCc2noc3ccc(Cl)cc23)C2CC2)C1. The number of carbonyl (C=O) groups is 2. The van der Waals surface area contributed by atoms with Gasteiger partial charge in [-0.05, 0) is 43.9 Å². The Balaban J connectivity index is 1.42. The van der Waals surface area contributed by atoms with E-state index in [1.165, 1.54) is 0 Å². The van der Waals surface area contributed by atoms with Crippen molar-refractivity contribution in [1.82, 2.24) is 20.3 Å². The number of benzene rings is 1. The molecule has 1 aliphatic carbocycles. The number of fused-ring (bicyclic) bond motifs is 1. The Hall–Kier alpha value is -2.32. The molecule has 1 saturated heterocycles. The number of amides is 3. The Morgan fingerprint density at radius 2 is 2.14 bits per heavy atom. The first kappa shape index (κ1) is 20.0. The third kappa shape index (κ3) is 4.48. The summed E-state index contributed by atoms with van der Waals surface area (Å²) in [5.41, 5.74) is 1.26. The van der Waals surface area contributed by atoms with Crippen molar-refractivity contribution in [1.29, 1.82) is 0 Å². The van der Waals surface area contributed by atoms with Gasteiger partial charge >= 0.3 is 6.03 Å². The lowest BCUT2D eigenvalue weighted by molar-refractivity contribution is -0.133. The molecule has 2 heterocycles. The highest BCUT2D eigenvalue weighted by Crippen LogP contribution is 2.32. The summed E-state index contributed by atoms with van der Waals surface area (Å²) in [4.78, 5) is 28.8. The molecule has 2 aliphatic rings. The maximum atomic E-state index is 13.0. The number of hydrogen-bond acceptors (Lipinski definition) is 5. The summed E-state index contributed by atoms with van der Waals surface area (Å²) in [5, 5.41) is 17.4. The number of hydrogen-bond donors (Lipinski definition) is 2. The van der Waals surface area contributed by atoms with Crippen LogP contribution in [0.15, 0.2) is 22.7 Å². The van der Waals surface area contributed by atoms with Gasteiger partial charge in [0.25, 0.3) is 0 Å². The van der Waals surface area contributed by atoms with E-state index >= 15 is 0 Å². The van der Waals surface area contributed by atoms with Crippen LogP contribution in [0.3, 0.4) is 0 Å². The molecule has 3 amide bonds. The molecule has 4 rings (SSSR count). The third-order valence-electron chi connectivity index (χ3n) is 5.56. The van der Waals surface area contributed by atoms with Crippen LogP contribution in [0.1, 0.15) is 37.8 Å². The molecule has 29 heavy (non-hydrogen) atoms. The molecule has 156 valence electrons. The van der Waals surface area contributed by atoms with Crippen LogP contribution >= 0.6 is 11.6 Å². The summed E-state index contributed by atoms with van der Waals surface area (Å²) in [5.74, 6) is -0.0562. The molecule has 1 aromatic heterocycles. The number of aliphatic hydroxyl groups excluding tert-OH is 1. The number of carbonyl (C=O) groups excluding carboxylic acids is 2. The molecule has 8 nitrogen and oxygen atoms in total. The number of nitrogens with one attached hydrogen (secondary N) is 1. The summed E-state index contributed by atoms with van der Waals surface area (Å²) in [7, 11) is 0.